The van der Waals surface area contributed by atoms with Crippen molar-refractivity contribution in [3.63, 3.8) is 0 Å². The summed E-state index contributed by atoms with van der Waals surface area (Å²) in [5, 5.41) is 3.59. The highest BCUT2D eigenvalue weighted by Crippen LogP contribution is 2.26. The van der Waals surface area contributed by atoms with Gasteiger partial charge in [0, 0.05) is 12.1 Å². The van der Waals surface area contributed by atoms with E-state index in [0.29, 0.717) is 12.1 Å². The molecule has 0 bridgehead atoms. The number of nitrogens with zero attached hydrogens (tertiary/aromatic N) is 1. The average Bonchev–Trinajstić information content (AvgIpc) is 2.72. The van der Waals surface area contributed by atoms with Gasteiger partial charge in [0.05, 0.1) is 0 Å². The third kappa shape index (κ3) is 2.39. The zero-order valence-corrected chi connectivity index (χ0v) is 9.61. The SMILES string of the molecule is CN(C)C(c1ccccc1)C1CCCN1. The van der Waals surface area contributed by atoms with Crippen LogP contribution in [0, 0.1) is 0 Å². The molecule has 0 amide bonds. The van der Waals surface area contributed by atoms with Gasteiger partial charge in [-0.15, -0.1) is 0 Å². The van der Waals surface area contributed by atoms with Gasteiger partial charge < -0.3 is 10.2 Å². The maximum absolute atomic E-state index is 3.59. The Hall–Kier alpha value is -0.860. The maximum Gasteiger partial charge on any atom is 0.0495 e. The molecule has 2 rings (SSSR count). The van der Waals surface area contributed by atoms with Gasteiger partial charge in [0.1, 0.15) is 0 Å². The molecule has 1 aliphatic rings. The fourth-order valence-corrected chi connectivity index (χ4v) is 2.52. The van der Waals surface area contributed by atoms with Crippen LogP contribution in [0.25, 0.3) is 0 Å². The first-order chi connectivity index (χ1) is 7.29. The highest BCUT2D eigenvalue weighted by molar-refractivity contribution is 5.21. The first kappa shape index (κ1) is 10.7. The number of nitrogens with one attached hydrogen (secondary N) is 1. The molecule has 0 aliphatic carbocycles. The molecule has 15 heavy (non-hydrogen) atoms. The van der Waals surface area contributed by atoms with Gasteiger partial charge in [-0.25, -0.2) is 0 Å². The van der Waals surface area contributed by atoms with Crippen molar-refractivity contribution >= 4 is 0 Å². The zero-order chi connectivity index (χ0) is 10.7. The van der Waals surface area contributed by atoms with Crippen LogP contribution in [0.15, 0.2) is 30.3 Å². The van der Waals surface area contributed by atoms with E-state index in [1.165, 1.54) is 24.9 Å². The van der Waals surface area contributed by atoms with Gasteiger partial charge in [-0.2, -0.15) is 0 Å². The van der Waals surface area contributed by atoms with Crippen molar-refractivity contribution in [1.82, 2.24) is 10.2 Å². The smallest absolute Gasteiger partial charge is 0.0495 e. The Morgan fingerprint density at radius 3 is 2.53 bits per heavy atom. The van der Waals surface area contributed by atoms with Gasteiger partial charge >= 0.3 is 0 Å². The quantitative estimate of drug-likeness (QED) is 0.810. The zero-order valence-electron chi connectivity index (χ0n) is 9.61. The van der Waals surface area contributed by atoms with Crippen molar-refractivity contribution in [2.75, 3.05) is 20.6 Å². The van der Waals surface area contributed by atoms with Crippen LogP contribution in [0.4, 0.5) is 0 Å². The maximum atomic E-state index is 3.59. The summed E-state index contributed by atoms with van der Waals surface area (Å²) >= 11 is 0. The largest absolute Gasteiger partial charge is 0.312 e. The lowest BCUT2D eigenvalue weighted by atomic mass is 9.97. The normalized spacial score (nSPS) is 23.3. The summed E-state index contributed by atoms with van der Waals surface area (Å²) in [6.07, 6.45) is 2.60. The lowest BCUT2D eigenvalue weighted by Crippen LogP contribution is -2.37. The number of hydrogen-bond acceptors (Lipinski definition) is 2. The number of hydrogen-bond donors (Lipinski definition) is 1. The fraction of sp³-hybridized carbons (Fsp3) is 0.538. The molecular formula is C13H20N2. The van der Waals surface area contributed by atoms with E-state index in [4.69, 9.17) is 0 Å². The summed E-state index contributed by atoms with van der Waals surface area (Å²) < 4.78 is 0. The molecule has 2 unspecified atom stereocenters. The fourth-order valence-electron chi connectivity index (χ4n) is 2.52. The van der Waals surface area contributed by atoms with Crippen LogP contribution in [-0.4, -0.2) is 31.6 Å². The van der Waals surface area contributed by atoms with E-state index in [-0.39, 0.29) is 0 Å². The molecule has 0 saturated carbocycles. The third-order valence-electron chi connectivity index (χ3n) is 3.18. The van der Waals surface area contributed by atoms with Crippen molar-refractivity contribution in [1.29, 1.82) is 0 Å². The van der Waals surface area contributed by atoms with E-state index in [1.54, 1.807) is 0 Å². The van der Waals surface area contributed by atoms with E-state index in [2.05, 4.69) is 54.6 Å². The van der Waals surface area contributed by atoms with E-state index in [0.717, 1.165) is 0 Å². The highest BCUT2D eigenvalue weighted by Gasteiger charge is 2.27. The van der Waals surface area contributed by atoms with Gasteiger partial charge in [0.25, 0.3) is 0 Å². The summed E-state index contributed by atoms with van der Waals surface area (Å²) in [4.78, 5) is 2.32. The molecule has 0 radical (unpaired) electrons. The Kier molecular flexibility index (Phi) is 3.39. The Morgan fingerprint density at radius 1 is 1.27 bits per heavy atom. The second-order valence-electron chi connectivity index (χ2n) is 4.52. The van der Waals surface area contributed by atoms with Gasteiger partial charge in [-0.1, -0.05) is 30.3 Å². The van der Waals surface area contributed by atoms with E-state index in [9.17, 15) is 0 Å². The predicted molar refractivity (Wildman–Crippen MR) is 63.9 cm³/mol. The lowest BCUT2D eigenvalue weighted by Gasteiger charge is -2.30. The van der Waals surface area contributed by atoms with Crippen LogP contribution < -0.4 is 5.32 Å². The molecule has 1 aromatic carbocycles. The van der Waals surface area contributed by atoms with Crippen molar-refractivity contribution < 1.29 is 0 Å². The van der Waals surface area contributed by atoms with Crippen molar-refractivity contribution in [3.05, 3.63) is 35.9 Å². The molecule has 2 nitrogen and oxygen atoms in total. The summed E-state index contributed by atoms with van der Waals surface area (Å²) in [6.45, 7) is 1.17. The van der Waals surface area contributed by atoms with Gasteiger partial charge in [0.15, 0.2) is 0 Å². The van der Waals surface area contributed by atoms with Crippen LogP contribution in [-0.2, 0) is 0 Å². The van der Waals surface area contributed by atoms with Gasteiger partial charge in [-0.05, 0) is 39.0 Å². The molecule has 1 heterocycles. The second-order valence-corrected chi connectivity index (χ2v) is 4.52. The Bertz CT molecular complexity index is 289. The van der Waals surface area contributed by atoms with E-state index in [1.807, 2.05) is 0 Å². The number of rotatable bonds is 3. The highest BCUT2D eigenvalue weighted by atomic mass is 15.1. The van der Waals surface area contributed by atoms with Crippen molar-refractivity contribution in [2.24, 2.45) is 0 Å². The van der Waals surface area contributed by atoms with Gasteiger partial charge in [-0.3, -0.25) is 0 Å². The molecule has 1 aromatic rings. The lowest BCUT2D eigenvalue weighted by molar-refractivity contribution is 0.244. The van der Waals surface area contributed by atoms with Crippen LogP contribution in [0.3, 0.4) is 0 Å². The Morgan fingerprint density at radius 2 is 2.00 bits per heavy atom. The molecule has 1 saturated heterocycles. The summed E-state index contributed by atoms with van der Waals surface area (Å²) in [7, 11) is 4.33. The number of benzene rings is 1. The topological polar surface area (TPSA) is 15.3 Å². The monoisotopic (exact) mass is 204 g/mol. The first-order valence-electron chi connectivity index (χ1n) is 5.74. The molecule has 0 spiro atoms. The van der Waals surface area contributed by atoms with Gasteiger partial charge in [0.2, 0.25) is 0 Å². The van der Waals surface area contributed by atoms with Crippen molar-refractivity contribution in [2.45, 2.75) is 24.9 Å². The Labute approximate surface area is 92.3 Å². The minimum atomic E-state index is 0.508. The second kappa shape index (κ2) is 4.77. The molecule has 1 aliphatic heterocycles. The van der Waals surface area contributed by atoms with E-state index < -0.39 is 0 Å². The molecular weight excluding hydrogens is 184 g/mol. The summed E-state index contributed by atoms with van der Waals surface area (Å²) in [5.41, 5.74) is 1.42. The average molecular weight is 204 g/mol. The van der Waals surface area contributed by atoms with Crippen LogP contribution in [0.2, 0.25) is 0 Å². The van der Waals surface area contributed by atoms with Crippen LogP contribution >= 0.6 is 0 Å². The minimum Gasteiger partial charge on any atom is -0.312 e. The predicted octanol–water partition coefficient (Wildman–Crippen LogP) is 2.04. The van der Waals surface area contributed by atoms with Crippen LogP contribution in [0.5, 0.6) is 0 Å². The summed E-state index contributed by atoms with van der Waals surface area (Å²) in [6, 6.07) is 11.9. The third-order valence-corrected chi connectivity index (χ3v) is 3.18. The Balaban J connectivity index is 2.19. The summed E-state index contributed by atoms with van der Waals surface area (Å²) in [5.74, 6) is 0. The molecule has 0 aromatic heterocycles. The molecule has 82 valence electrons. The molecule has 2 atom stereocenters. The van der Waals surface area contributed by atoms with E-state index >= 15 is 0 Å². The molecule has 1 N–H and O–H groups in total. The molecule has 2 heteroatoms. The molecule has 1 fully saturated rings. The first-order valence-corrected chi connectivity index (χ1v) is 5.74. The minimum absolute atomic E-state index is 0.508. The van der Waals surface area contributed by atoms with Crippen molar-refractivity contribution in [3.8, 4) is 0 Å². The standard InChI is InChI=1S/C13H20N2/c1-15(2)13(12-9-6-10-14-12)11-7-4-3-5-8-11/h3-5,7-8,12-14H,6,9-10H2,1-2H3. The van der Waals surface area contributed by atoms with Crippen LogP contribution in [0.1, 0.15) is 24.4 Å². The number of likely N-dealkylation sites (N-methyl/N-ethyl adjacent to an activating group) is 1.